The van der Waals surface area contributed by atoms with Gasteiger partial charge in [-0.05, 0) is 35.9 Å². The average molecular weight is 361 g/mol. The molecule has 5 atom stereocenters. The zero-order valence-electron chi connectivity index (χ0n) is 13.5. The molecule has 6 nitrogen and oxygen atoms in total. The van der Waals surface area contributed by atoms with Crippen LogP contribution in [-0.4, -0.2) is 38.1 Å². The Kier molecular flexibility index (Phi) is 4.20. The lowest BCUT2D eigenvalue weighted by molar-refractivity contribution is -0.0422. The Labute approximate surface area is 147 Å². The van der Waals surface area contributed by atoms with Crippen molar-refractivity contribution in [2.75, 3.05) is 0 Å². The Morgan fingerprint density at radius 2 is 1.92 bits per heavy atom. The van der Waals surface area contributed by atoms with Crippen molar-refractivity contribution in [3.8, 4) is 0 Å². The van der Waals surface area contributed by atoms with E-state index in [2.05, 4.69) is 4.98 Å². The zero-order chi connectivity index (χ0) is 18.4. The molecule has 4 N–H and O–H groups in total. The summed E-state index contributed by atoms with van der Waals surface area (Å²) < 4.78 is 34.0. The second-order valence-corrected chi connectivity index (χ2v) is 6.31. The van der Waals surface area contributed by atoms with E-state index in [-0.39, 0.29) is 5.56 Å². The number of halogens is 2. The molecule has 1 aliphatic heterocycles. The smallest absolute Gasteiger partial charge is 0.164 e. The van der Waals surface area contributed by atoms with Crippen molar-refractivity contribution in [1.29, 1.82) is 0 Å². The first-order valence-electron chi connectivity index (χ1n) is 8.11. The number of aliphatic hydroxyl groups excluding tert-OH is 2. The van der Waals surface area contributed by atoms with Crippen LogP contribution < -0.4 is 5.73 Å². The molecule has 8 heteroatoms. The fourth-order valence-electron chi connectivity index (χ4n) is 3.31. The Morgan fingerprint density at radius 3 is 2.69 bits per heavy atom. The van der Waals surface area contributed by atoms with Crippen LogP contribution in [0.4, 0.5) is 8.78 Å². The number of hydrogen-bond donors (Lipinski definition) is 3. The fraction of sp³-hybridized carbons (Fsp3) is 0.278. The maximum atomic E-state index is 13.5. The van der Waals surface area contributed by atoms with Crippen molar-refractivity contribution in [2.24, 2.45) is 5.73 Å². The molecule has 1 aliphatic rings. The highest BCUT2D eigenvalue weighted by Gasteiger charge is 2.46. The van der Waals surface area contributed by atoms with Gasteiger partial charge in [0.1, 0.15) is 24.0 Å². The lowest BCUT2D eigenvalue weighted by Crippen LogP contribution is -2.38. The van der Waals surface area contributed by atoms with Gasteiger partial charge in [-0.1, -0.05) is 6.07 Å². The van der Waals surface area contributed by atoms with Crippen LogP contribution in [0.25, 0.3) is 11.0 Å². The van der Waals surface area contributed by atoms with Crippen molar-refractivity contribution < 1.29 is 23.7 Å². The summed E-state index contributed by atoms with van der Waals surface area (Å²) in [6, 6.07) is 7.76. The average Bonchev–Trinajstić information content (AvgIpc) is 3.19. The van der Waals surface area contributed by atoms with E-state index in [0.29, 0.717) is 5.65 Å². The molecular weight excluding hydrogens is 344 g/mol. The number of hydrogen-bond acceptors (Lipinski definition) is 5. The molecule has 1 fully saturated rings. The van der Waals surface area contributed by atoms with Gasteiger partial charge in [0.15, 0.2) is 17.9 Å². The predicted molar refractivity (Wildman–Crippen MR) is 88.9 cm³/mol. The minimum Gasteiger partial charge on any atom is -0.387 e. The van der Waals surface area contributed by atoms with Crippen molar-refractivity contribution in [1.82, 2.24) is 9.55 Å². The molecule has 136 valence electrons. The number of aromatic nitrogens is 2. The molecule has 3 heterocycles. The van der Waals surface area contributed by atoms with Crippen molar-refractivity contribution in [3.05, 3.63) is 66.0 Å². The molecule has 26 heavy (non-hydrogen) atoms. The van der Waals surface area contributed by atoms with Gasteiger partial charge in [-0.3, -0.25) is 0 Å². The summed E-state index contributed by atoms with van der Waals surface area (Å²) in [6.07, 6.45) is -1.15. The quantitative estimate of drug-likeness (QED) is 0.659. The molecule has 4 rings (SSSR count). The summed E-state index contributed by atoms with van der Waals surface area (Å²) in [5.74, 6) is -2.03. The third kappa shape index (κ3) is 2.67. The van der Waals surface area contributed by atoms with Gasteiger partial charge in [0.25, 0.3) is 0 Å². The molecule has 0 bridgehead atoms. The van der Waals surface area contributed by atoms with Crippen LogP contribution in [0.3, 0.4) is 0 Å². The molecule has 1 saturated heterocycles. The molecule has 3 aromatic rings. The molecule has 0 saturated carbocycles. The summed E-state index contributed by atoms with van der Waals surface area (Å²) in [5, 5.41) is 21.7. The zero-order valence-corrected chi connectivity index (χ0v) is 13.5. The molecular formula is C18H17F2N3O3. The van der Waals surface area contributed by atoms with Crippen molar-refractivity contribution >= 4 is 11.0 Å². The third-order valence-corrected chi connectivity index (χ3v) is 4.71. The van der Waals surface area contributed by atoms with Gasteiger partial charge in [0.2, 0.25) is 0 Å². The van der Waals surface area contributed by atoms with Gasteiger partial charge in [-0.15, -0.1) is 0 Å². The topological polar surface area (TPSA) is 93.5 Å². The first-order chi connectivity index (χ1) is 12.5. The first-order valence-corrected chi connectivity index (χ1v) is 8.11. The van der Waals surface area contributed by atoms with E-state index in [1.54, 1.807) is 23.0 Å². The normalized spacial score (nSPS) is 27.1. The Hall–Kier alpha value is -2.39. The van der Waals surface area contributed by atoms with E-state index in [0.717, 1.165) is 17.5 Å². The molecule has 0 radical (unpaired) electrons. The summed E-state index contributed by atoms with van der Waals surface area (Å²) in [6.45, 7) is 0. The lowest BCUT2D eigenvalue weighted by Gasteiger charge is -2.22. The van der Waals surface area contributed by atoms with Gasteiger partial charge in [0.05, 0.1) is 6.04 Å². The number of nitrogens with zero attached hydrogens (tertiary/aromatic N) is 2. The molecule has 1 aromatic carbocycles. The number of ether oxygens (including phenoxy) is 1. The van der Waals surface area contributed by atoms with Gasteiger partial charge in [0, 0.05) is 17.8 Å². The third-order valence-electron chi connectivity index (χ3n) is 4.71. The van der Waals surface area contributed by atoms with Crippen molar-refractivity contribution in [3.63, 3.8) is 0 Å². The minimum atomic E-state index is -1.30. The largest absolute Gasteiger partial charge is 0.387 e. The maximum absolute atomic E-state index is 13.5. The number of fused-ring (bicyclic) bond motifs is 1. The van der Waals surface area contributed by atoms with E-state index in [1.165, 1.54) is 6.07 Å². The fourth-order valence-corrected chi connectivity index (χ4v) is 3.31. The minimum absolute atomic E-state index is 0.260. The molecule has 2 aromatic heterocycles. The standard InChI is InChI=1S/C18H17F2N3O3/c19-11-4-3-10(8-12(11)20)13(21)16-14(24)15(25)18(26-16)23-7-5-9-2-1-6-22-17(9)23/h1-8,13-16,18,24-25H,21H2/t13-,14+,15-,16-,18-/m1/s1. The van der Waals surface area contributed by atoms with Gasteiger partial charge >= 0.3 is 0 Å². The maximum Gasteiger partial charge on any atom is 0.164 e. The van der Waals surface area contributed by atoms with Gasteiger partial charge in [-0.25, -0.2) is 13.8 Å². The highest BCUT2D eigenvalue weighted by molar-refractivity contribution is 5.75. The van der Waals surface area contributed by atoms with Gasteiger partial charge < -0.3 is 25.3 Å². The Bertz CT molecular complexity index is 948. The lowest BCUT2D eigenvalue weighted by atomic mass is 9.97. The van der Waals surface area contributed by atoms with E-state index < -0.39 is 42.2 Å². The molecule has 0 spiro atoms. The van der Waals surface area contributed by atoms with Gasteiger partial charge in [-0.2, -0.15) is 0 Å². The molecule has 0 aliphatic carbocycles. The van der Waals surface area contributed by atoms with Crippen LogP contribution in [0.5, 0.6) is 0 Å². The van der Waals surface area contributed by atoms with Crippen LogP contribution in [0.15, 0.2) is 48.8 Å². The van der Waals surface area contributed by atoms with E-state index >= 15 is 0 Å². The number of pyridine rings is 1. The second-order valence-electron chi connectivity index (χ2n) is 6.31. The predicted octanol–water partition coefficient (Wildman–Crippen LogP) is 1.63. The van der Waals surface area contributed by atoms with Crippen LogP contribution >= 0.6 is 0 Å². The highest BCUT2D eigenvalue weighted by atomic mass is 19.2. The van der Waals surface area contributed by atoms with Crippen LogP contribution in [0.2, 0.25) is 0 Å². The number of aliphatic hydroxyl groups is 2. The van der Waals surface area contributed by atoms with E-state index in [9.17, 15) is 19.0 Å². The SMILES string of the molecule is N[C@H](c1ccc(F)c(F)c1)[C@H]1O[C@@H](n2ccc3cccnc32)[C@H](O)[C@@H]1O. The first kappa shape index (κ1) is 17.0. The van der Waals surface area contributed by atoms with Crippen LogP contribution in [0.1, 0.15) is 17.8 Å². The molecule has 0 unspecified atom stereocenters. The summed E-state index contributed by atoms with van der Waals surface area (Å²) in [4.78, 5) is 4.26. The molecule has 0 amide bonds. The van der Waals surface area contributed by atoms with Crippen LogP contribution in [0, 0.1) is 11.6 Å². The van der Waals surface area contributed by atoms with E-state index in [1.807, 2.05) is 12.1 Å². The highest BCUT2D eigenvalue weighted by Crippen LogP contribution is 2.36. The summed E-state index contributed by atoms with van der Waals surface area (Å²) in [7, 11) is 0. The Morgan fingerprint density at radius 1 is 1.12 bits per heavy atom. The number of nitrogens with two attached hydrogens (primary N) is 1. The summed E-state index contributed by atoms with van der Waals surface area (Å²) in [5.41, 5.74) is 6.94. The van der Waals surface area contributed by atoms with Crippen LogP contribution in [-0.2, 0) is 4.74 Å². The number of rotatable bonds is 3. The monoisotopic (exact) mass is 361 g/mol. The number of benzene rings is 1. The van der Waals surface area contributed by atoms with Crippen molar-refractivity contribution in [2.45, 2.75) is 30.6 Å². The Balaban J connectivity index is 1.64. The summed E-state index contributed by atoms with van der Waals surface area (Å²) >= 11 is 0. The second kappa shape index (κ2) is 6.40. The van der Waals surface area contributed by atoms with E-state index in [4.69, 9.17) is 10.5 Å².